The molecule has 0 saturated heterocycles. The van der Waals surface area contributed by atoms with Crippen LogP contribution >= 0.6 is 12.2 Å². The first-order valence-corrected chi connectivity index (χ1v) is 7.53. The van der Waals surface area contributed by atoms with E-state index in [2.05, 4.69) is 17.5 Å². The Hall–Kier alpha value is -1.30. The molecule has 1 saturated carbocycles. The average Bonchev–Trinajstić information content (AvgIpc) is 2.90. The average molecular weight is 316 g/mol. The van der Waals surface area contributed by atoms with Crippen molar-refractivity contribution in [3.8, 4) is 0 Å². The minimum atomic E-state index is -4.46. The molecule has 21 heavy (non-hydrogen) atoms. The summed E-state index contributed by atoms with van der Waals surface area (Å²) < 4.78 is 39.0. The third-order valence-electron chi connectivity index (χ3n) is 3.95. The van der Waals surface area contributed by atoms with Crippen LogP contribution in [-0.4, -0.2) is 11.5 Å². The molecule has 6 heteroatoms. The van der Waals surface area contributed by atoms with E-state index in [9.17, 15) is 13.2 Å². The lowest BCUT2D eigenvalue weighted by atomic mass is 10.0. The molecule has 0 radical (unpaired) electrons. The summed E-state index contributed by atoms with van der Waals surface area (Å²) in [6, 6.07) is 4.02. The van der Waals surface area contributed by atoms with Crippen LogP contribution in [0.2, 0.25) is 0 Å². The van der Waals surface area contributed by atoms with Gasteiger partial charge in [-0.15, -0.1) is 0 Å². The van der Waals surface area contributed by atoms with Crippen LogP contribution in [0.3, 0.4) is 0 Å². The van der Waals surface area contributed by atoms with Crippen molar-refractivity contribution in [2.24, 2.45) is 11.7 Å². The molecule has 3 N–H and O–H groups in total. The highest BCUT2D eigenvalue weighted by Crippen LogP contribution is 2.34. The predicted molar refractivity (Wildman–Crippen MR) is 82.4 cm³/mol. The molecule has 0 bridgehead atoms. The second-order valence-electron chi connectivity index (χ2n) is 5.49. The van der Waals surface area contributed by atoms with E-state index in [1.165, 1.54) is 31.7 Å². The van der Waals surface area contributed by atoms with Gasteiger partial charge in [0.2, 0.25) is 0 Å². The van der Waals surface area contributed by atoms with Crippen LogP contribution in [-0.2, 0) is 6.18 Å². The number of hydrogen-bond donors (Lipinski definition) is 2. The summed E-state index contributed by atoms with van der Waals surface area (Å²) in [5, 5.41) is 3.07. The molecule has 1 fully saturated rings. The second kappa shape index (κ2) is 6.64. The minimum absolute atomic E-state index is 0.126. The third-order valence-corrected chi connectivity index (χ3v) is 4.17. The van der Waals surface area contributed by atoms with Crippen molar-refractivity contribution in [1.82, 2.24) is 0 Å². The molecule has 0 heterocycles. The minimum Gasteiger partial charge on any atom is -0.389 e. The summed E-state index contributed by atoms with van der Waals surface area (Å²) in [7, 11) is 0. The Bertz CT molecular complexity index is 508. The van der Waals surface area contributed by atoms with Crippen LogP contribution < -0.4 is 11.1 Å². The summed E-state index contributed by atoms with van der Waals surface area (Å²) in [5.74, 6) is 0.704. The molecule has 2 nitrogen and oxygen atoms in total. The Morgan fingerprint density at radius 2 is 1.95 bits per heavy atom. The van der Waals surface area contributed by atoms with Crippen LogP contribution in [0.4, 0.5) is 18.9 Å². The fourth-order valence-electron chi connectivity index (χ4n) is 2.82. The van der Waals surface area contributed by atoms with E-state index < -0.39 is 11.7 Å². The number of rotatable bonds is 5. The lowest BCUT2D eigenvalue weighted by Crippen LogP contribution is -2.18. The first-order chi connectivity index (χ1) is 9.88. The van der Waals surface area contributed by atoms with Gasteiger partial charge in [0.1, 0.15) is 4.99 Å². The molecule has 1 aliphatic rings. The highest BCUT2D eigenvalue weighted by Gasteiger charge is 2.34. The van der Waals surface area contributed by atoms with E-state index >= 15 is 0 Å². The lowest BCUT2D eigenvalue weighted by Gasteiger charge is -2.15. The van der Waals surface area contributed by atoms with Gasteiger partial charge in [0, 0.05) is 17.8 Å². The summed E-state index contributed by atoms with van der Waals surface area (Å²) in [4.78, 5) is -0.236. The molecular formula is C15H19F3N2S. The third kappa shape index (κ3) is 4.33. The first-order valence-electron chi connectivity index (χ1n) is 7.13. The van der Waals surface area contributed by atoms with E-state index in [0.29, 0.717) is 18.2 Å². The van der Waals surface area contributed by atoms with Crippen LogP contribution in [0, 0.1) is 5.92 Å². The van der Waals surface area contributed by atoms with Crippen molar-refractivity contribution in [1.29, 1.82) is 0 Å². The SMILES string of the molecule is NC(=S)c1ccc(NCCC2CCCC2)cc1C(F)(F)F. The maximum atomic E-state index is 13.0. The zero-order valence-corrected chi connectivity index (χ0v) is 12.5. The summed E-state index contributed by atoms with van der Waals surface area (Å²) >= 11 is 4.68. The van der Waals surface area contributed by atoms with Crippen LogP contribution in [0.5, 0.6) is 0 Å². The summed E-state index contributed by atoms with van der Waals surface area (Å²) in [6.45, 7) is 0.689. The monoisotopic (exact) mass is 316 g/mol. The Kier molecular flexibility index (Phi) is 5.08. The molecule has 0 spiro atoms. The summed E-state index contributed by atoms with van der Waals surface area (Å²) in [6.07, 6.45) is 1.54. The topological polar surface area (TPSA) is 38.0 Å². The Balaban J connectivity index is 2.04. The maximum absolute atomic E-state index is 13.0. The number of halogens is 3. The number of thiocarbonyl (C=S) groups is 1. The van der Waals surface area contributed by atoms with E-state index in [1.807, 2.05) is 0 Å². The van der Waals surface area contributed by atoms with E-state index in [-0.39, 0.29) is 10.6 Å². The number of benzene rings is 1. The van der Waals surface area contributed by atoms with Crippen molar-refractivity contribution in [2.75, 3.05) is 11.9 Å². The largest absolute Gasteiger partial charge is 0.417 e. The van der Waals surface area contributed by atoms with Gasteiger partial charge in [-0.05, 0) is 30.5 Å². The molecule has 0 amide bonds. The Morgan fingerprint density at radius 3 is 2.52 bits per heavy atom. The zero-order chi connectivity index (χ0) is 15.5. The van der Waals surface area contributed by atoms with Crippen LogP contribution in [0.15, 0.2) is 18.2 Å². The molecule has 0 aliphatic heterocycles. The van der Waals surface area contributed by atoms with Crippen molar-refractivity contribution < 1.29 is 13.2 Å². The van der Waals surface area contributed by atoms with Gasteiger partial charge in [-0.2, -0.15) is 13.2 Å². The van der Waals surface area contributed by atoms with E-state index in [1.54, 1.807) is 6.07 Å². The normalized spacial score (nSPS) is 16.1. The van der Waals surface area contributed by atoms with Gasteiger partial charge in [-0.25, -0.2) is 0 Å². The smallest absolute Gasteiger partial charge is 0.389 e. The van der Waals surface area contributed by atoms with E-state index in [0.717, 1.165) is 12.5 Å². The molecule has 0 unspecified atom stereocenters. The standard InChI is InChI=1S/C15H19F3N2S/c16-15(17,18)13-9-11(5-6-12(13)14(19)21)20-8-7-10-3-1-2-4-10/h5-6,9-10,20H,1-4,7-8H2,(H2,19,21). The van der Waals surface area contributed by atoms with Gasteiger partial charge in [-0.3, -0.25) is 0 Å². The number of hydrogen-bond acceptors (Lipinski definition) is 2. The van der Waals surface area contributed by atoms with Crippen molar-refractivity contribution in [3.05, 3.63) is 29.3 Å². The fourth-order valence-corrected chi connectivity index (χ4v) is 3.00. The molecule has 0 aromatic heterocycles. The fraction of sp³-hybridized carbons (Fsp3) is 0.533. The molecule has 2 rings (SSSR count). The van der Waals surface area contributed by atoms with Gasteiger partial charge >= 0.3 is 6.18 Å². The van der Waals surface area contributed by atoms with Crippen LogP contribution in [0.25, 0.3) is 0 Å². The van der Waals surface area contributed by atoms with E-state index in [4.69, 9.17) is 5.73 Å². The number of anilines is 1. The molecular weight excluding hydrogens is 297 g/mol. The highest BCUT2D eigenvalue weighted by atomic mass is 32.1. The Labute approximate surface area is 127 Å². The van der Waals surface area contributed by atoms with Gasteiger partial charge in [0.15, 0.2) is 0 Å². The molecule has 0 atom stereocenters. The number of alkyl halides is 3. The van der Waals surface area contributed by atoms with Gasteiger partial charge in [0.05, 0.1) is 5.56 Å². The second-order valence-corrected chi connectivity index (χ2v) is 5.93. The lowest BCUT2D eigenvalue weighted by molar-refractivity contribution is -0.137. The first kappa shape index (κ1) is 16.1. The number of nitrogens with two attached hydrogens (primary N) is 1. The molecule has 1 aromatic rings. The molecule has 116 valence electrons. The van der Waals surface area contributed by atoms with Gasteiger partial charge < -0.3 is 11.1 Å². The van der Waals surface area contributed by atoms with Crippen molar-refractivity contribution in [2.45, 2.75) is 38.3 Å². The maximum Gasteiger partial charge on any atom is 0.417 e. The highest BCUT2D eigenvalue weighted by molar-refractivity contribution is 7.80. The molecule has 1 aromatic carbocycles. The number of nitrogens with one attached hydrogen (secondary N) is 1. The Morgan fingerprint density at radius 1 is 1.29 bits per heavy atom. The zero-order valence-electron chi connectivity index (χ0n) is 11.7. The van der Waals surface area contributed by atoms with Gasteiger partial charge in [0.25, 0.3) is 0 Å². The van der Waals surface area contributed by atoms with Crippen molar-refractivity contribution >= 4 is 22.9 Å². The van der Waals surface area contributed by atoms with Crippen molar-refractivity contribution in [3.63, 3.8) is 0 Å². The van der Waals surface area contributed by atoms with Crippen LogP contribution in [0.1, 0.15) is 43.2 Å². The quantitative estimate of drug-likeness (QED) is 0.794. The predicted octanol–water partition coefficient (Wildman–Crippen LogP) is 4.33. The molecule has 1 aliphatic carbocycles. The summed E-state index contributed by atoms with van der Waals surface area (Å²) in [5.41, 5.74) is 4.91. The van der Waals surface area contributed by atoms with Gasteiger partial charge in [-0.1, -0.05) is 37.9 Å².